The van der Waals surface area contributed by atoms with E-state index in [1.165, 1.54) is 6.42 Å². The summed E-state index contributed by atoms with van der Waals surface area (Å²) in [7, 11) is 0. The third kappa shape index (κ3) is 0.431. The van der Waals surface area contributed by atoms with E-state index < -0.39 is 0 Å². The molecule has 2 atom stereocenters. The number of ketones is 1. The Morgan fingerprint density at radius 2 is 2.57 bits per heavy atom. The maximum absolute atomic E-state index is 10.6. The summed E-state index contributed by atoms with van der Waals surface area (Å²) in [5, 5.41) is 0.757. The fraction of sp³-hybridized carbons (Fsp3) is 0.800. The lowest BCUT2D eigenvalue weighted by Crippen LogP contribution is -1.96. The lowest BCUT2D eigenvalue weighted by Gasteiger charge is -1.82. The Morgan fingerprint density at radius 1 is 1.71 bits per heavy atom. The lowest BCUT2D eigenvalue weighted by molar-refractivity contribution is -0.117. The topological polar surface area (TPSA) is 17.1 Å². The Hall–Kier alpha value is 0.0200. The van der Waals surface area contributed by atoms with Crippen LogP contribution in [0.5, 0.6) is 0 Å². The van der Waals surface area contributed by atoms with Crippen molar-refractivity contribution < 1.29 is 4.79 Å². The van der Waals surface area contributed by atoms with Gasteiger partial charge in [-0.1, -0.05) is 0 Å². The number of rotatable bonds is 0. The van der Waals surface area contributed by atoms with Crippen LogP contribution in [0.4, 0.5) is 0 Å². The summed E-state index contributed by atoms with van der Waals surface area (Å²) in [6, 6.07) is 0. The van der Waals surface area contributed by atoms with Gasteiger partial charge in [-0.2, -0.15) is 0 Å². The monoisotopic (exact) mass is 114 g/mol. The first-order chi connectivity index (χ1) is 3.38. The molecule has 1 aliphatic carbocycles. The molecule has 7 heavy (non-hydrogen) atoms. The van der Waals surface area contributed by atoms with Crippen molar-refractivity contribution >= 4 is 17.5 Å². The Kier molecular flexibility index (Phi) is 0.593. The second-order valence-corrected chi connectivity index (χ2v) is 3.39. The number of carbonyl (C=O) groups is 1. The van der Waals surface area contributed by atoms with Gasteiger partial charge in [0.2, 0.25) is 0 Å². The second-order valence-electron chi connectivity index (χ2n) is 2.16. The Labute approximate surface area is 46.5 Å². The van der Waals surface area contributed by atoms with Crippen LogP contribution in [0, 0.1) is 5.92 Å². The third-order valence-electron chi connectivity index (χ3n) is 1.59. The summed E-state index contributed by atoms with van der Waals surface area (Å²) in [5.41, 5.74) is 0. The number of Topliss-reactive ketones (excluding diaryl/α,β-unsaturated/α-hetero) is 1. The maximum atomic E-state index is 10.6. The van der Waals surface area contributed by atoms with Gasteiger partial charge in [-0.3, -0.25) is 4.79 Å². The largest absolute Gasteiger partial charge is 0.298 e. The van der Waals surface area contributed by atoms with Crippen LogP contribution in [0.1, 0.15) is 6.42 Å². The zero-order valence-corrected chi connectivity index (χ0v) is 4.70. The maximum Gasteiger partial charge on any atom is 0.146 e. The van der Waals surface area contributed by atoms with Crippen LogP contribution < -0.4 is 0 Å². The second kappa shape index (κ2) is 1.05. The molecule has 0 amide bonds. The van der Waals surface area contributed by atoms with Crippen molar-refractivity contribution in [2.45, 2.75) is 11.7 Å². The van der Waals surface area contributed by atoms with E-state index in [1.807, 2.05) is 11.8 Å². The number of hydrogen-bond acceptors (Lipinski definition) is 2. The van der Waals surface area contributed by atoms with Gasteiger partial charge in [-0.15, -0.1) is 11.8 Å². The zero-order chi connectivity index (χ0) is 4.85. The van der Waals surface area contributed by atoms with E-state index in [4.69, 9.17) is 0 Å². The van der Waals surface area contributed by atoms with Gasteiger partial charge in [0.25, 0.3) is 0 Å². The fourth-order valence-corrected chi connectivity index (χ4v) is 2.31. The molecule has 1 saturated carbocycles. The summed E-state index contributed by atoms with van der Waals surface area (Å²) in [6.45, 7) is 0. The fourth-order valence-electron chi connectivity index (χ4n) is 0.991. The Balaban J connectivity index is 2.21. The van der Waals surface area contributed by atoms with Crippen molar-refractivity contribution in [1.29, 1.82) is 0 Å². The molecule has 2 unspecified atom stereocenters. The van der Waals surface area contributed by atoms with Gasteiger partial charge in [-0.05, 0) is 6.42 Å². The molecule has 0 N–H and O–H groups in total. The van der Waals surface area contributed by atoms with Crippen molar-refractivity contribution in [2.24, 2.45) is 5.92 Å². The summed E-state index contributed by atoms with van der Waals surface area (Å²) in [6.07, 6.45) is 1.18. The van der Waals surface area contributed by atoms with Crippen LogP contribution in [0.3, 0.4) is 0 Å². The van der Waals surface area contributed by atoms with Gasteiger partial charge in [0, 0.05) is 11.2 Å². The first-order valence-corrected chi connectivity index (χ1v) is 3.57. The molecule has 0 aromatic rings. The van der Waals surface area contributed by atoms with Crippen LogP contribution in [0.25, 0.3) is 0 Å². The first-order valence-electron chi connectivity index (χ1n) is 2.52. The summed E-state index contributed by atoms with van der Waals surface area (Å²) >= 11 is 1.83. The molecule has 2 fully saturated rings. The van der Waals surface area contributed by atoms with Crippen LogP contribution in [-0.2, 0) is 4.79 Å². The predicted molar refractivity (Wildman–Crippen MR) is 29.4 cm³/mol. The van der Waals surface area contributed by atoms with Gasteiger partial charge in [0.05, 0.1) is 5.75 Å². The van der Waals surface area contributed by atoms with Crippen molar-refractivity contribution in [3.05, 3.63) is 0 Å². The zero-order valence-electron chi connectivity index (χ0n) is 3.89. The van der Waals surface area contributed by atoms with Gasteiger partial charge in [0.15, 0.2) is 0 Å². The number of thioether (sulfide) groups is 1. The summed E-state index contributed by atoms with van der Waals surface area (Å²) in [5.74, 6) is 1.80. The molecule has 1 saturated heterocycles. The van der Waals surface area contributed by atoms with E-state index in [1.54, 1.807) is 0 Å². The molecule has 2 heteroatoms. The Bertz CT molecular complexity index is 121. The molecule has 38 valence electrons. The molecule has 0 aromatic carbocycles. The average Bonchev–Trinajstić information content (AvgIpc) is 2.33. The molecule has 0 radical (unpaired) electrons. The van der Waals surface area contributed by atoms with Crippen LogP contribution in [-0.4, -0.2) is 16.8 Å². The quantitative estimate of drug-likeness (QED) is 0.461. The predicted octanol–water partition coefficient (Wildman–Crippen LogP) is 0.691. The minimum absolute atomic E-state index is 0.495. The standard InChI is InChI=1S/C5H6OS/c6-4-2-7-5-1-3(4)5/h3,5H,1-2H2. The molecular weight excluding hydrogens is 108 g/mol. The van der Waals surface area contributed by atoms with Crippen molar-refractivity contribution in [2.75, 3.05) is 5.75 Å². The van der Waals surface area contributed by atoms with Gasteiger partial charge >= 0.3 is 0 Å². The van der Waals surface area contributed by atoms with E-state index in [0.717, 1.165) is 11.0 Å². The average molecular weight is 114 g/mol. The molecule has 2 rings (SSSR count). The van der Waals surface area contributed by atoms with E-state index in [-0.39, 0.29) is 0 Å². The van der Waals surface area contributed by atoms with E-state index in [0.29, 0.717) is 11.7 Å². The number of fused-ring (bicyclic) bond motifs is 1. The minimum Gasteiger partial charge on any atom is -0.298 e. The number of carbonyl (C=O) groups excluding carboxylic acids is 1. The number of hydrogen-bond donors (Lipinski definition) is 0. The molecule has 2 aliphatic rings. The van der Waals surface area contributed by atoms with E-state index in [9.17, 15) is 4.79 Å². The third-order valence-corrected chi connectivity index (χ3v) is 2.99. The van der Waals surface area contributed by atoms with Crippen LogP contribution >= 0.6 is 11.8 Å². The molecule has 0 aromatic heterocycles. The lowest BCUT2D eigenvalue weighted by atomic mass is 10.3. The van der Waals surface area contributed by atoms with Crippen molar-refractivity contribution in [3.8, 4) is 0 Å². The van der Waals surface area contributed by atoms with Crippen molar-refractivity contribution in [1.82, 2.24) is 0 Å². The molecule has 1 aliphatic heterocycles. The summed E-state index contributed by atoms with van der Waals surface area (Å²) in [4.78, 5) is 10.6. The van der Waals surface area contributed by atoms with Gasteiger partial charge < -0.3 is 0 Å². The molecule has 1 nitrogen and oxygen atoms in total. The normalized spacial score (nSPS) is 46.6. The molecule has 1 heterocycles. The highest BCUT2D eigenvalue weighted by atomic mass is 32.2. The van der Waals surface area contributed by atoms with Crippen LogP contribution in [0.15, 0.2) is 0 Å². The highest BCUT2D eigenvalue weighted by molar-refractivity contribution is 8.01. The van der Waals surface area contributed by atoms with Crippen LogP contribution in [0.2, 0.25) is 0 Å². The smallest absolute Gasteiger partial charge is 0.146 e. The minimum atomic E-state index is 0.495. The molecule has 0 bridgehead atoms. The first kappa shape index (κ1) is 3.96. The van der Waals surface area contributed by atoms with Crippen molar-refractivity contribution in [3.63, 3.8) is 0 Å². The molecular formula is C5H6OS. The Morgan fingerprint density at radius 3 is 2.71 bits per heavy atom. The molecule has 0 spiro atoms. The SMILES string of the molecule is O=C1CSC2CC12. The highest BCUT2D eigenvalue weighted by Gasteiger charge is 2.48. The highest BCUT2D eigenvalue weighted by Crippen LogP contribution is 2.48. The summed E-state index contributed by atoms with van der Waals surface area (Å²) < 4.78 is 0. The van der Waals surface area contributed by atoms with Gasteiger partial charge in [-0.25, -0.2) is 0 Å². The van der Waals surface area contributed by atoms with E-state index >= 15 is 0 Å². The van der Waals surface area contributed by atoms with Gasteiger partial charge in [0.1, 0.15) is 5.78 Å². The van der Waals surface area contributed by atoms with E-state index in [2.05, 4.69) is 0 Å².